The highest BCUT2D eigenvalue weighted by atomic mass is 16.4. The normalized spacial score (nSPS) is 10.7. The Balaban J connectivity index is 2.08. The first kappa shape index (κ1) is 14.3. The van der Waals surface area contributed by atoms with Gasteiger partial charge in [-0.25, -0.2) is 9.78 Å². The van der Waals surface area contributed by atoms with E-state index in [-0.39, 0.29) is 5.69 Å². The highest BCUT2D eigenvalue weighted by molar-refractivity contribution is 5.86. The van der Waals surface area contributed by atoms with Crippen molar-refractivity contribution in [3.63, 3.8) is 0 Å². The summed E-state index contributed by atoms with van der Waals surface area (Å²) >= 11 is 0. The van der Waals surface area contributed by atoms with Crippen molar-refractivity contribution in [1.82, 2.24) is 4.98 Å². The molecule has 0 saturated carbocycles. The van der Waals surface area contributed by atoms with E-state index >= 15 is 0 Å². The largest absolute Gasteiger partial charge is 0.476 e. The summed E-state index contributed by atoms with van der Waals surface area (Å²) in [5.74, 6) is -0.176. The number of rotatable bonds is 6. The van der Waals surface area contributed by atoms with E-state index in [1.54, 1.807) is 6.92 Å². The molecule has 2 aromatic rings. The standard InChI is InChI=1S/C16H19NO3/c1-3-5-12-6-4-7-13(10-12)8-9-14-15(16(18)19)17-11(2)20-14/h4,6-7,10H,3,5,8-9H2,1-2H3,(H,18,19). The van der Waals surface area contributed by atoms with E-state index < -0.39 is 5.97 Å². The minimum absolute atomic E-state index is 0.0345. The van der Waals surface area contributed by atoms with E-state index in [1.165, 1.54) is 11.1 Å². The van der Waals surface area contributed by atoms with Gasteiger partial charge in [0.05, 0.1) is 0 Å². The second kappa shape index (κ2) is 6.37. The van der Waals surface area contributed by atoms with Gasteiger partial charge in [0.2, 0.25) is 0 Å². The van der Waals surface area contributed by atoms with Gasteiger partial charge < -0.3 is 9.52 Å². The highest BCUT2D eigenvalue weighted by Crippen LogP contribution is 2.15. The summed E-state index contributed by atoms with van der Waals surface area (Å²) in [5.41, 5.74) is 2.55. The summed E-state index contributed by atoms with van der Waals surface area (Å²) in [6.45, 7) is 3.82. The molecule has 1 N–H and O–H groups in total. The molecule has 4 heteroatoms. The number of nitrogens with zero attached hydrogens (tertiary/aromatic N) is 1. The van der Waals surface area contributed by atoms with E-state index in [2.05, 4.69) is 30.1 Å². The number of hydrogen-bond acceptors (Lipinski definition) is 3. The second-order valence-corrected chi connectivity index (χ2v) is 4.88. The van der Waals surface area contributed by atoms with Gasteiger partial charge in [-0.1, -0.05) is 37.6 Å². The molecule has 2 rings (SSSR count). The number of hydrogen-bond donors (Lipinski definition) is 1. The summed E-state index contributed by atoms with van der Waals surface area (Å²) in [6.07, 6.45) is 3.49. The van der Waals surface area contributed by atoms with Crippen LogP contribution in [-0.2, 0) is 19.3 Å². The maximum atomic E-state index is 11.1. The Morgan fingerprint density at radius 2 is 1.95 bits per heavy atom. The van der Waals surface area contributed by atoms with Crippen LogP contribution in [0.3, 0.4) is 0 Å². The number of carboxylic acids is 1. The average molecular weight is 273 g/mol. The van der Waals surface area contributed by atoms with Gasteiger partial charge in [0.15, 0.2) is 11.6 Å². The van der Waals surface area contributed by atoms with Crippen LogP contribution in [0.5, 0.6) is 0 Å². The van der Waals surface area contributed by atoms with Crippen LogP contribution in [-0.4, -0.2) is 16.1 Å². The first-order chi connectivity index (χ1) is 9.60. The molecule has 0 atom stereocenters. The molecule has 0 unspecified atom stereocenters. The van der Waals surface area contributed by atoms with Crippen molar-refractivity contribution in [1.29, 1.82) is 0 Å². The fourth-order valence-electron chi connectivity index (χ4n) is 2.29. The van der Waals surface area contributed by atoms with Gasteiger partial charge in [-0.15, -0.1) is 0 Å². The Kier molecular flexibility index (Phi) is 4.56. The van der Waals surface area contributed by atoms with Gasteiger partial charge >= 0.3 is 5.97 Å². The average Bonchev–Trinajstić information content (AvgIpc) is 2.79. The zero-order chi connectivity index (χ0) is 14.5. The van der Waals surface area contributed by atoms with Crippen molar-refractivity contribution >= 4 is 5.97 Å². The molecule has 0 radical (unpaired) electrons. The van der Waals surface area contributed by atoms with E-state index in [0.717, 1.165) is 19.3 Å². The van der Waals surface area contributed by atoms with Crippen molar-refractivity contribution in [2.45, 2.75) is 39.5 Å². The van der Waals surface area contributed by atoms with Gasteiger partial charge in [0.1, 0.15) is 5.76 Å². The summed E-state index contributed by atoms with van der Waals surface area (Å²) < 4.78 is 5.38. The van der Waals surface area contributed by atoms with Gasteiger partial charge in [0.25, 0.3) is 0 Å². The third kappa shape index (κ3) is 3.47. The number of carboxylic acid groups (broad SMARTS) is 1. The molecule has 1 aromatic heterocycles. The summed E-state index contributed by atoms with van der Waals surface area (Å²) in [4.78, 5) is 15.0. The molecular weight excluding hydrogens is 254 g/mol. The zero-order valence-corrected chi connectivity index (χ0v) is 11.8. The minimum atomic E-state index is -1.03. The number of aryl methyl sites for hydroxylation is 4. The smallest absolute Gasteiger partial charge is 0.358 e. The van der Waals surface area contributed by atoms with E-state index in [1.807, 2.05) is 6.07 Å². The lowest BCUT2D eigenvalue weighted by atomic mass is 10.0. The SMILES string of the molecule is CCCc1cccc(CCc2oc(C)nc2C(=O)O)c1. The maximum Gasteiger partial charge on any atom is 0.358 e. The van der Waals surface area contributed by atoms with Crippen molar-refractivity contribution in [3.8, 4) is 0 Å². The van der Waals surface area contributed by atoms with Crippen LogP contribution in [0, 0.1) is 6.92 Å². The lowest BCUT2D eigenvalue weighted by Crippen LogP contribution is -2.02. The molecule has 0 aliphatic carbocycles. The quantitative estimate of drug-likeness (QED) is 0.876. The lowest BCUT2D eigenvalue weighted by molar-refractivity contribution is 0.0688. The molecular formula is C16H19NO3. The number of aromatic nitrogens is 1. The van der Waals surface area contributed by atoms with Crippen LogP contribution in [0.4, 0.5) is 0 Å². The Morgan fingerprint density at radius 1 is 1.25 bits per heavy atom. The molecule has 0 saturated heterocycles. The molecule has 1 aromatic carbocycles. The van der Waals surface area contributed by atoms with Crippen LogP contribution in [0.25, 0.3) is 0 Å². The predicted molar refractivity (Wildman–Crippen MR) is 76.0 cm³/mol. The molecule has 20 heavy (non-hydrogen) atoms. The first-order valence-corrected chi connectivity index (χ1v) is 6.87. The third-order valence-corrected chi connectivity index (χ3v) is 3.18. The highest BCUT2D eigenvalue weighted by Gasteiger charge is 2.17. The lowest BCUT2D eigenvalue weighted by Gasteiger charge is -2.04. The van der Waals surface area contributed by atoms with Gasteiger partial charge in [0, 0.05) is 13.3 Å². The van der Waals surface area contributed by atoms with Crippen LogP contribution in [0.2, 0.25) is 0 Å². The Labute approximate surface area is 118 Å². The van der Waals surface area contributed by atoms with E-state index in [9.17, 15) is 4.79 Å². The fourth-order valence-corrected chi connectivity index (χ4v) is 2.29. The van der Waals surface area contributed by atoms with Crippen LogP contribution in [0.1, 0.15) is 46.6 Å². The number of benzene rings is 1. The van der Waals surface area contributed by atoms with Gasteiger partial charge in [-0.2, -0.15) is 0 Å². The number of carbonyl (C=O) groups is 1. The van der Waals surface area contributed by atoms with E-state index in [0.29, 0.717) is 18.1 Å². The Hall–Kier alpha value is -2.10. The van der Waals surface area contributed by atoms with Crippen molar-refractivity contribution in [2.75, 3.05) is 0 Å². The Morgan fingerprint density at radius 3 is 2.60 bits per heavy atom. The topological polar surface area (TPSA) is 63.3 Å². The predicted octanol–water partition coefficient (Wildman–Crippen LogP) is 3.42. The molecule has 106 valence electrons. The van der Waals surface area contributed by atoms with Gasteiger partial charge in [-0.3, -0.25) is 0 Å². The second-order valence-electron chi connectivity index (χ2n) is 4.88. The van der Waals surface area contributed by atoms with Crippen molar-refractivity contribution < 1.29 is 14.3 Å². The zero-order valence-electron chi connectivity index (χ0n) is 11.8. The van der Waals surface area contributed by atoms with Crippen LogP contribution < -0.4 is 0 Å². The molecule has 0 aliphatic rings. The number of aromatic carboxylic acids is 1. The summed E-state index contributed by atoms with van der Waals surface area (Å²) in [6, 6.07) is 8.40. The van der Waals surface area contributed by atoms with Crippen molar-refractivity contribution in [2.24, 2.45) is 0 Å². The molecule has 1 heterocycles. The summed E-state index contributed by atoms with van der Waals surface area (Å²) in [5, 5.41) is 9.07. The first-order valence-electron chi connectivity index (χ1n) is 6.87. The van der Waals surface area contributed by atoms with Gasteiger partial charge in [-0.05, 0) is 24.0 Å². The maximum absolute atomic E-state index is 11.1. The molecule has 0 aliphatic heterocycles. The summed E-state index contributed by atoms with van der Waals surface area (Å²) in [7, 11) is 0. The van der Waals surface area contributed by atoms with Crippen LogP contribution in [0.15, 0.2) is 28.7 Å². The fraction of sp³-hybridized carbons (Fsp3) is 0.375. The molecule has 0 amide bonds. The molecule has 0 fully saturated rings. The van der Waals surface area contributed by atoms with E-state index in [4.69, 9.17) is 9.52 Å². The Bertz CT molecular complexity index is 602. The van der Waals surface area contributed by atoms with Crippen molar-refractivity contribution in [3.05, 3.63) is 52.7 Å². The molecule has 4 nitrogen and oxygen atoms in total. The monoisotopic (exact) mass is 273 g/mol. The molecule has 0 bridgehead atoms. The third-order valence-electron chi connectivity index (χ3n) is 3.18. The molecule has 0 spiro atoms. The number of oxazole rings is 1. The van der Waals surface area contributed by atoms with Crippen LogP contribution >= 0.6 is 0 Å². The minimum Gasteiger partial charge on any atom is -0.476 e.